The summed E-state index contributed by atoms with van der Waals surface area (Å²) in [5, 5.41) is 11.2. The zero-order valence-electron chi connectivity index (χ0n) is 7.58. The summed E-state index contributed by atoms with van der Waals surface area (Å²) in [6, 6.07) is 5.12. The molecule has 0 atom stereocenters. The van der Waals surface area contributed by atoms with Crippen LogP contribution in [0.2, 0.25) is 0 Å². The average molecular weight is 254 g/mol. The molecule has 0 amide bonds. The van der Waals surface area contributed by atoms with Crippen molar-refractivity contribution in [3.8, 4) is 11.8 Å². The summed E-state index contributed by atoms with van der Waals surface area (Å²) in [6.45, 7) is 1.71. The fourth-order valence-corrected chi connectivity index (χ4v) is 1.27. The molecule has 14 heavy (non-hydrogen) atoms. The molecule has 0 radical (unpaired) electrons. The van der Waals surface area contributed by atoms with Gasteiger partial charge in [0.05, 0.1) is 10.3 Å². The van der Waals surface area contributed by atoms with Gasteiger partial charge >= 0.3 is 0 Å². The van der Waals surface area contributed by atoms with Gasteiger partial charge in [0.1, 0.15) is 5.56 Å². The third-order valence-corrected chi connectivity index (χ3v) is 1.99. The van der Waals surface area contributed by atoms with Gasteiger partial charge in [0.15, 0.2) is 0 Å². The van der Waals surface area contributed by atoms with Crippen molar-refractivity contribution in [3.63, 3.8) is 0 Å². The third-order valence-electron chi connectivity index (χ3n) is 1.71. The van der Waals surface area contributed by atoms with Crippen molar-refractivity contribution in [3.05, 3.63) is 39.4 Å². The summed E-state index contributed by atoms with van der Waals surface area (Å²) in [5.74, 6) is 5.50. The lowest BCUT2D eigenvalue weighted by atomic mass is 10.1. The number of nitrogens with zero attached hydrogens (tertiary/aromatic N) is 1. The van der Waals surface area contributed by atoms with Gasteiger partial charge in [0, 0.05) is 5.56 Å². The second-order valence-corrected chi connectivity index (χ2v) is 3.22. The quantitative estimate of drug-likeness (QED) is 0.334. The van der Waals surface area contributed by atoms with Crippen LogP contribution in [0, 0.1) is 28.9 Å². The van der Waals surface area contributed by atoms with E-state index in [0.717, 1.165) is 0 Å². The maximum absolute atomic E-state index is 10.7. The minimum Gasteiger partial charge on any atom is -0.258 e. The summed E-state index contributed by atoms with van der Waals surface area (Å²) < 4.78 is 0. The van der Waals surface area contributed by atoms with Crippen LogP contribution in [-0.2, 0) is 0 Å². The molecule has 0 unspecified atom stereocenters. The van der Waals surface area contributed by atoms with Crippen LogP contribution in [0.4, 0.5) is 5.69 Å². The van der Waals surface area contributed by atoms with Crippen LogP contribution < -0.4 is 0 Å². The Morgan fingerprint density at radius 2 is 2.29 bits per heavy atom. The van der Waals surface area contributed by atoms with E-state index in [0.29, 0.717) is 16.5 Å². The number of halogens is 1. The lowest BCUT2D eigenvalue weighted by Crippen LogP contribution is -1.95. The molecule has 0 aliphatic heterocycles. The number of hydrogen-bond donors (Lipinski definition) is 0. The van der Waals surface area contributed by atoms with E-state index >= 15 is 0 Å². The van der Waals surface area contributed by atoms with Gasteiger partial charge in [-0.3, -0.25) is 10.1 Å². The Morgan fingerprint density at radius 3 is 2.86 bits per heavy atom. The van der Waals surface area contributed by atoms with Gasteiger partial charge in [-0.15, -0.1) is 0 Å². The molecule has 72 valence electrons. The molecule has 0 heterocycles. The summed E-state index contributed by atoms with van der Waals surface area (Å²) in [7, 11) is 0. The van der Waals surface area contributed by atoms with Gasteiger partial charge in [0.2, 0.25) is 0 Å². The lowest BCUT2D eigenvalue weighted by molar-refractivity contribution is -0.385. The van der Waals surface area contributed by atoms with E-state index in [-0.39, 0.29) is 5.69 Å². The Labute approximate surface area is 90.4 Å². The predicted molar refractivity (Wildman–Crippen MR) is 58.5 cm³/mol. The van der Waals surface area contributed by atoms with E-state index in [4.69, 9.17) is 0 Å². The normalized spacial score (nSPS) is 9.00. The second kappa shape index (κ2) is 4.77. The monoisotopic (exact) mass is 253 g/mol. The molecule has 3 nitrogen and oxygen atoms in total. The van der Waals surface area contributed by atoms with Crippen molar-refractivity contribution in [2.24, 2.45) is 0 Å². The van der Waals surface area contributed by atoms with Crippen molar-refractivity contribution in [1.29, 1.82) is 0 Å². The van der Waals surface area contributed by atoms with E-state index < -0.39 is 4.92 Å². The molecular formula is C10H8BrNO2. The number of nitro groups is 1. The van der Waals surface area contributed by atoms with E-state index in [1.807, 2.05) is 0 Å². The van der Waals surface area contributed by atoms with E-state index in [2.05, 4.69) is 27.8 Å². The first kappa shape index (κ1) is 10.7. The van der Waals surface area contributed by atoms with Crippen molar-refractivity contribution < 1.29 is 4.92 Å². The molecule has 0 saturated carbocycles. The Bertz CT molecular complexity index is 418. The molecule has 1 aromatic rings. The summed E-state index contributed by atoms with van der Waals surface area (Å²) in [5.41, 5.74) is 1.20. The molecule has 0 saturated heterocycles. The molecular weight excluding hydrogens is 246 g/mol. The topological polar surface area (TPSA) is 43.1 Å². The van der Waals surface area contributed by atoms with Crippen molar-refractivity contribution in [1.82, 2.24) is 0 Å². The molecule has 4 heteroatoms. The lowest BCUT2D eigenvalue weighted by Gasteiger charge is -1.98. The number of alkyl halides is 1. The van der Waals surface area contributed by atoms with Gasteiger partial charge in [0.25, 0.3) is 5.69 Å². The van der Waals surface area contributed by atoms with E-state index in [9.17, 15) is 10.1 Å². The van der Waals surface area contributed by atoms with Crippen LogP contribution in [0.3, 0.4) is 0 Å². The zero-order chi connectivity index (χ0) is 10.6. The second-order valence-electron chi connectivity index (χ2n) is 2.66. The highest BCUT2D eigenvalue weighted by Crippen LogP contribution is 2.21. The maximum Gasteiger partial charge on any atom is 0.287 e. The Hall–Kier alpha value is -1.34. The summed E-state index contributed by atoms with van der Waals surface area (Å²) in [4.78, 5) is 10.3. The SMILES string of the molecule is Cc1cccc(C#CCBr)c1[N+](=O)[O-]. The largest absolute Gasteiger partial charge is 0.287 e. The van der Waals surface area contributed by atoms with Crippen molar-refractivity contribution in [2.75, 3.05) is 5.33 Å². The molecule has 0 bridgehead atoms. The predicted octanol–water partition coefficient (Wildman–Crippen LogP) is 2.65. The zero-order valence-corrected chi connectivity index (χ0v) is 9.17. The Morgan fingerprint density at radius 1 is 1.57 bits per heavy atom. The van der Waals surface area contributed by atoms with Gasteiger partial charge < -0.3 is 0 Å². The molecule has 0 N–H and O–H groups in total. The molecule has 0 fully saturated rings. The fourth-order valence-electron chi connectivity index (χ4n) is 1.13. The average Bonchev–Trinajstić information content (AvgIpc) is 2.14. The van der Waals surface area contributed by atoms with E-state index in [1.165, 1.54) is 0 Å². The van der Waals surface area contributed by atoms with Crippen LogP contribution in [-0.4, -0.2) is 10.3 Å². The van der Waals surface area contributed by atoms with Gasteiger partial charge in [-0.25, -0.2) is 0 Å². The van der Waals surface area contributed by atoms with Crippen molar-refractivity contribution >= 4 is 21.6 Å². The van der Waals surface area contributed by atoms with Crippen LogP contribution >= 0.6 is 15.9 Å². The van der Waals surface area contributed by atoms with Gasteiger partial charge in [-0.2, -0.15) is 0 Å². The number of para-hydroxylation sites is 1. The Balaban J connectivity index is 3.28. The molecule has 1 aromatic carbocycles. The van der Waals surface area contributed by atoms with Crippen LogP contribution in [0.5, 0.6) is 0 Å². The van der Waals surface area contributed by atoms with Crippen LogP contribution in [0.1, 0.15) is 11.1 Å². The first-order chi connectivity index (χ1) is 6.66. The fraction of sp³-hybridized carbons (Fsp3) is 0.200. The first-order valence-corrected chi connectivity index (χ1v) is 5.08. The maximum atomic E-state index is 10.7. The Kier molecular flexibility index (Phi) is 3.66. The van der Waals surface area contributed by atoms with Gasteiger partial charge in [-0.05, 0) is 13.0 Å². The summed E-state index contributed by atoms with van der Waals surface area (Å²) in [6.07, 6.45) is 0. The highest BCUT2D eigenvalue weighted by molar-refractivity contribution is 9.09. The highest BCUT2D eigenvalue weighted by atomic mass is 79.9. The van der Waals surface area contributed by atoms with Crippen LogP contribution in [0.25, 0.3) is 0 Å². The number of aryl methyl sites for hydroxylation is 1. The standard InChI is InChI=1S/C10H8BrNO2/c1-8-4-2-5-9(6-3-7-11)10(8)12(13)14/h2,4-5H,7H2,1H3. The highest BCUT2D eigenvalue weighted by Gasteiger charge is 2.14. The number of hydrogen-bond acceptors (Lipinski definition) is 2. The molecule has 0 aliphatic carbocycles. The first-order valence-electron chi connectivity index (χ1n) is 3.95. The molecule has 0 aliphatic rings. The third kappa shape index (κ3) is 2.33. The molecule has 1 rings (SSSR count). The molecule has 0 aromatic heterocycles. The van der Waals surface area contributed by atoms with Crippen molar-refractivity contribution in [2.45, 2.75) is 6.92 Å². The van der Waals surface area contributed by atoms with Crippen LogP contribution in [0.15, 0.2) is 18.2 Å². The number of rotatable bonds is 1. The van der Waals surface area contributed by atoms with E-state index in [1.54, 1.807) is 25.1 Å². The molecule has 0 spiro atoms. The minimum absolute atomic E-state index is 0.0981. The summed E-state index contributed by atoms with van der Waals surface area (Å²) >= 11 is 3.14. The number of benzene rings is 1. The minimum atomic E-state index is -0.395. The smallest absolute Gasteiger partial charge is 0.258 e. The van der Waals surface area contributed by atoms with Gasteiger partial charge in [-0.1, -0.05) is 39.9 Å². The number of nitro benzene ring substituents is 1.